The van der Waals surface area contributed by atoms with Crippen LogP contribution < -0.4 is 20.1 Å². The van der Waals surface area contributed by atoms with Crippen molar-refractivity contribution in [3.05, 3.63) is 53.1 Å². The number of rotatable bonds is 3. The van der Waals surface area contributed by atoms with Crippen LogP contribution in [-0.2, 0) is 0 Å². The molecule has 0 aliphatic carbocycles. The molecule has 1 aliphatic heterocycles. The van der Waals surface area contributed by atoms with Crippen LogP contribution in [0.2, 0.25) is 0 Å². The van der Waals surface area contributed by atoms with Crippen LogP contribution in [0.15, 0.2) is 36.4 Å². The van der Waals surface area contributed by atoms with E-state index in [-0.39, 0.29) is 18.6 Å². The highest BCUT2D eigenvalue weighted by molar-refractivity contribution is 6.06. The van der Waals surface area contributed by atoms with E-state index in [1.807, 2.05) is 6.92 Å². The van der Waals surface area contributed by atoms with Gasteiger partial charge in [-0.05, 0) is 42.8 Å². The average molecular weight is 312 g/mol. The summed E-state index contributed by atoms with van der Waals surface area (Å²) in [6.45, 7) is 2.02. The van der Waals surface area contributed by atoms with E-state index in [1.54, 1.807) is 43.4 Å². The molecular formula is C17H16N2O4. The van der Waals surface area contributed by atoms with Crippen molar-refractivity contribution in [1.29, 1.82) is 0 Å². The molecule has 0 radical (unpaired) electrons. The third-order valence-corrected chi connectivity index (χ3v) is 3.61. The summed E-state index contributed by atoms with van der Waals surface area (Å²) in [7, 11) is 1.56. The molecule has 3 rings (SSSR count). The lowest BCUT2D eigenvalue weighted by Crippen LogP contribution is -2.19. The van der Waals surface area contributed by atoms with Gasteiger partial charge in [-0.15, -0.1) is 0 Å². The van der Waals surface area contributed by atoms with Crippen molar-refractivity contribution in [2.45, 2.75) is 6.92 Å². The molecule has 0 atom stereocenters. The summed E-state index contributed by atoms with van der Waals surface area (Å²) < 4.78 is 10.5. The number of fused-ring (bicyclic) bond motifs is 1. The molecule has 6 nitrogen and oxygen atoms in total. The van der Waals surface area contributed by atoms with Gasteiger partial charge in [-0.1, -0.05) is 6.07 Å². The first kappa shape index (κ1) is 14.9. The van der Waals surface area contributed by atoms with Gasteiger partial charge < -0.3 is 20.1 Å². The highest BCUT2D eigenvalue weighted by Gasteiger charge is 2.17. The number of hydrogen-bond acceptors (Lipinski definition) is 4. The van der Waals surface area contributed by atoms with E-state index in [4.69, 9.17) is 9.47 Å². The van der Waals surface area contributed by atoms with E-state index < -0.39 is 0 Å². The smallest absolute Gasteiger partial charge is 0.255 e. The molecule has 1 aliphatic rings. The molecule has 0 aromatic heterocycles. The normalized spacial score (nSPS) is 11.9. The maximum atomic E-state index is 12.4. The van der Waals surface area contributed by atoms with Gasteiger partial charge in [0.15, 0.2) is 11.5 Å². The highest BCUT2D eigenvalue weighted by Crippen LogP contribution is 2.32. The van der Waals surface area contributed by atoms with Gasteiger partial charge in [0.1, 0.15) is 0 Å². The zero-order valence-electron chi connectivity index (χ0n) is 12.8. The largest absolute Gasteiger partial charge is 0.454 e. The first-order valence-electron chi connectivity index (χ1n) is 7.12. The number of carbonyl (C=O) groups is 2. The second kappa shape index (κ2) is 6.00. The molecule has 0 unspecified atom stereocenters. The first-order valence-corrected chi connectivity index (χ1v) is 7.12. The molecule has 2 aromatic carbocycles. The van der Waals surface area contributed by atoms with Gasteiger partial charge in [0.25, 0.3) is 11.8 Å². The zero-order valence-corrected chi connectivity index (χ0v) is 12.8. The molecule has 2 amide bonds. The van der Waals surface area contributed by atoms with E-state index in [9.17, 15) is 9.59 Å². The summed E-state index contributed by atoms with van der Waals surface area (Å²) >= 11 is 0. The van der Waals surface area contributed by atoms with E-state index >= 15 is 0 Å². The molecule has 0 spiro atoms. The van der Waals surface area contributed by atoms with E-state index in [0.717, 1.165) is 5.56 Å². The lowest BCUT2D eigenvalue weighted by molar-refractivity contribution is 0.0961. The minimum Gasteiger partial charge on any atom is -0.454 e. The van der Waals surface area contributed by atoms with Gasteiger partial charge in [-0.2, -0.15) is 0 Å². The van der Waals surface area contributed by atoms with Gasteiger partial charge in [-0.3, -0.25) is 9.59 Å². The van der Waals surface area contributed by atoms with Crippen molar-refractivity contribution >= 4 is 17.5 Å². The summed E-state index contributed by atoms with van der Waals surface area (Å²) in [6.07, 6.45) is 0. The molecule has 0 saturated heterocycles. The van der Waals surface area contributed by atoms with Gasteiger partial charge in [-0.25, -0.2) is 0 Å². The molecule has 1 heterocycles. The van der Waals surface area contributed by atoms with Gasteiger partial charge in [0.05, 0.1) is 0 Å². The molecular weight excluding hydrogens is 296 g/mol. The van der Waals surface area contributed by atoms with E-state index in [1.165, 1.54) is 0 Å². The Morgan fingerprint density at radius 2 is 1.65 bits per heavy atom. The number of aryl methyl sites for hydroxylation is 1. The summed E-state index contributed by atoms with van der Waals surface area (Å²) in [5, 5.41) is 5.38. The monoisotopic (exact) mass is 312 g/mol. The maximum absolute atomic E-state index is 12.4. The van der Waals surface area contributed by atoms with E-state index in [0.29, 0.717) is 28.3 Å². The summed E-state index contributed by atoms with van der Waals surface area (Å²) in [5.41, 5.74) is 2.40. The maximum Gasteiger partial charge on any atom is 0.255 e. The number of carbonyl (C=O) groups excluding carboxylic acids is 2. The molecule has 0 bridgehead atoms. The van der Waals surface area contributed by atoms with Crippen LogP contribution in [0.3, 0.4) is 0 Å². The molecule has 23 heavy (non-hydrogen) atoms. The van der Waals surface area contributed by atoms with Crippen molar-refractivity contribution in [2.75, 3.05) is 19.2 Å². The number of ether oxygens (including phenoxy) is 2. The third-order valence-electron chi connectivity index (χ3n) is 3.61. The highest BCUT2D eigenvalue weighted by atomic mass is 16.7. The molecule has 6 heteroatoms. The standard InChI is InChI=1S/C17H16N2O4/c1-10-3-4-11(16(20)18-2)7-13(10)19-17(21)12-5-6-14-15(8-12)23-9-22-14/h3-8H,9H2,1-2H3,(H,18,20)(H,19,21). The lowest BCUT2D eigenvalue weighted by Gasteiger charge is -2.10. The Labute approximate surface area is 133 Å². The van der Waals surface area contributed by atoms with E-state index in [2.05, 4.69) is 10.6 Å². The van der Waals surface area contributed by atoms with Crippen LogP contribution in [-0.4, -0.2) is 25.7 Å². The fraction of sp³-hybridized carbons (Fsp3) is 0.176. The molecule has 2 aromatic rings. The van der Waals surface area contributed by atoms with Crippen LogP contribution in [0.25, 0.3) is 0 Å². The minimum atomic E-state index is -0.277. The summed E-state index contributed by atoms with van der Waals surface area (Å²) in [5.74, 6) is 0.692. The third kappa shape index (κ3) is 2.96. The topological polar surface area (TPSA) is 76.7 Å². The van der Waals surface area contributed by atoms with Crippen LogP contribution in [0, 0.1) is 6.92 Å². The number of benzene rings is 2. The Hall–Kier alpha value is -3.02. The van der Waals surface area contributed by atoms with Gasteiger partial charge in [0, 0.05) is 23.9 Å². The number of nitrogens with one attached hydrogen (secondary N) is 2. The van der Waals surface area contributed by atoms with Crippen molar-refractivity contribution in [3.8, 4) is 11.5 Å². The Bertz CT molecular complexity index is 786. The van der Waals surface area contributed by atoms with Crippen molar-refractivity contribution in [3.63, 3.8) is 0 Å². The molecule has 0 saturated carbocycles. The molecule has 0 fully saturated rings. The quantitative estimate of drug-likeness (QED) is 0.912. The predicted molar refractivity (Wildman–Crippen MR) is 85.1 cm³/mol. The van der Waals surface area contributed by atoms with Crippen LogP contribution >= 0.6 is 0 Å². The second-order valence-electron chi connectivity index (χ2n) is 5.13. The zero-order chi connectivity index (χ0) is 16.4. The lowest BCUT2D eigenvalue weighted by atomic mass is 10.1. The molecule has 2 N–H and O–H groups in total. The van der Waals surface area contributed by atoms with Crippen molar-refractivity contribution < 1.29 is 19.1 Å². The fourth-order valence-corrected chi connectivity index (χ4v) is 2.27. The number of amides is 2. The van der Waals surface area contributed by atoms with Crippen molar-refractivity contribution in [2.24, 2.45) is 0 Å². The van der Waals surface area contributed by atoms with Crippen molar-refractivity contribution in [1.82, 2.24) is 5.32 Å². The fourth-order valence-electron chi connectivity index (χ4n) is 2.27. The van der Waals surface area contributed by atoms with Crippen LogP contribution in [0.1, 0.15) is 26.3 Å². The first-order chi connectivity index (χ1) is 11.1. The predicted octanol–water partition coefficient (Wildman–Crippen LogP) is 2.34. The summed E-state index contributed by atoms with van der Waals surface area (Å²) in [4.78, 5) is 24.1. The second-order valence-corrected chi connectivity index (χ2v) is 5.13. The molecule has 118 valence electrons. The number of anilines is 1. The SMILES string of the molecule is CNC(=O)c1ccc(C)c(NC(=O)c2ccc3c(c2)OCO3)c1. The average Bonchev–Trinajstić information content (AvgIpc) is 3.03. The Morgan fingerprint density at radius 1 is 0.957 bits per heavy atom. The Morgan fingerprint density at radius 3 is 2.43 bits per heavy atom. The number of hydrogen-bond donors (Lipinski definition) is 2. The van der Waals surface area contributed by atoms with Crippen LogP contribution in [0.5, 0.6) is 11.5 Å². The van der Waals surface area contributed by atoms with Gasteiger partial charge >= 0.3 is 0 Å². The Kier molecular flexibility index (Phi) is 3.89. The van der Waals surface area contributed by atoms with Gasteiger partial charge in [0.2, 0.25) is 6.79 Å². The minimum absolute atomic E-state index is 0.160. The summed E-state index contributed by atoms with van der Waals surface area (Å²) in [6, 6.07) is 10.2. The Balaban J connectivity index is 1.84. The van der Waals surface area contributed by atoms with Crippen LogP contribution in [0.4, 0.5) is 5.69 Å².